The van der Waals surface area contributed by atoms with E-state index in [1.807, 2.05) is 10.8 Å². The van der Waals surface area contributed by atoms with E-state index in [2.05, 4.69) is 14.8 Å². The van der Waals surface area contributed by atoms with E-state index in [1.165, 1.54) is 12.1 Å². The van der Waals surface area contributed by atoms with Crippen LogP contribution in [0.15, 0.2) is 49.1 Å². The summed E-state index contributed by atoms with van der Waals surface area (Å²) in [7, 11) is 0. The Balaban J connectivity index is 1.76. The van der Waals surface area contributed by atoms with Gasteiger partial charge in [0.25, 0.3) is 0 Å². The van der Waals surface area contributed by atoms with Crippen LogP contribution in [0.3, 0.4) is 0 Å². The monoisotopic (exact) mass is 361 g/mol. The number of hydrogen-bond donors (Lipinski definition) is 1. The molecular formula is C17H17F2N5O2. The van der Waals surface area contributed by atoms with Crippen molar-refractivity contribution in [3.63, 3.8) is 0 Å². The zero-order valence-electron chi connectivity index (χ0n) is 13.8. The highest BCUT2D eigenvalue weighted by Crippen LogP contribution is 2.24. The second-order valence-electron chi connectivity index (χ2n) is 5.56. The van der Waals surface area contributed by atoms with Gasteiger partial charge in [-0.15, -0.1) is 0 Å². The molecule has 3 rings (SSSR count). The van der Waals surface area contributed by atoms with E-state index in [0.717, 1.165) is 11.3 Å². The number of alkyl halides is 2. The third-order valence-electron chi connectivity index (χ3n) is 3.69. The predicted octanol–water partition coefficient (Wildman–Crippen LogP) is 2.60. The summed E-state index contributed by atoms with van der Waals surface area (Å²) >= 11 is 0. The van der Waals surface area contributed by atoms with Crippen LogP contribution in [0.1, 0.15) is 12.8 Å². The molecule has 2 heterocycles. The molecule has 0 bridgehead atoms. The minimum atomic E-state index is -2.86. The molecule has 9 heteroatoms. The van der Waals surface area contributed by atoms with Gasteiger partial charge in [-0.3, -0.25) is 14.0 Å². The molecule has 0 unspecified atom stereocenters. The quantitative estimate of drug-likeness (QED) is 0.668. The van der Waals surface area contributed by atoms with E-state index < -0.39 is 6.61 Å². The molecule has 2 aromatic heterocycles. The first-order valence-electron chi connectivity index (χ1n) is 7.92. The fraction of sp³-hybridized carbons (Fsp3) is 0.235. The number of nitrogens with two attached hydrogens (primary N) is 1. The summed E-state index contributed by atoms with van der Waals surface area (Å²) in [5.41, 5.74) is 6.67. The van der Waals surface area contributed by atoms with Gasteiger partial charge in [-0.05, 0) is 30.7 Å². The molecule has 0 radical (unpaired) electrons. The number of halogens is 2. The fourth-order valence-corrected chi connectivity index (χ4v) is 2.53. The zero-order chi connectivity index (χ0) is 18.5. The summed E-state index contributed by atoms with van der Waals surface area (Å²) in [5, 5.41) is 4.26. The number of benzene rings is 1. The lowest BCUT2D eigenvalue weighted by molar-refractivity contribution is -0.118. The average Bonchev–Trinajstić information content (AvgIpc) is 3.23. The Morgan fingerprint density at radius 2 is 2.04 bits per heavy atom. The maximum atomic E-state index is 12.2. The molecule has 0 aliphatic carbocycles. The van der Waals surface area contributed by atoms with E-state index in [4.69, 9.17) is 5.73 Å². The van der Waals surface area contributed by atoms with Crippen molar-refractivity contribution in [1.82, 2.24) is 19.3 Å². The summed E-state index contributed by atoms with van der Waals surface area (Å²) in [5.74, 6) is 0.392. The van der Waals surface area contributed by atoms with Crippen molar-refractivity contribution in [3.05, 3.63) is 49.1 Å². The summed E-state index contributed by atoms with van der Waals surface area (Å²) in [6.07, 6.45) is 7.86. The Hall–Kier alpha value is -3.23. The molecule has 1 amide bonds. The average molecular weight is 361 g/mol. The minimum absolute atomic E-state index is 0.0872. The molecule has 0 saturated carbocycles. The molecule has 0 aliphatic heterocycles. The molecule has 7 nitrogen and oxygen atoms in total. The van der Waals surface area contributed by atoms with Gasteiger partial charge in [0.15, 0.2) is 0 Å². The van der Waals surface area contributed by atoms with Gasteiger partial charge in [0, 0.05) is 37.1 Å². The van der Waals surface area contributed by atoms with Crippen LogP contribution in [-0.4, -0.2) is 31.9 Å². The van der Waals surface area contributed by atoms with Crippen LogP contribution in [0.25, 0.3) is 17.1 Å². The standard InChI is InChI=1S/C17H17F2N5O2/c18-17(19)26-14-5-3-12(4-6-14)16-21-7-9-24(16)13-10-22-23(11-13)8-1-2-15(20)25/h3-7,9-11,17H,1-2,8H2,(H2,20,25). The van der Waals surface area contributed by atoms with Gasteiger partial charge in [0.1, 0.15) is 11.6 Å². The molecule has 136 valence electrons. The lowest BCUT2D eigenvalue weighted by Crippen LogP contribution is -2.11. The van der Waals surface area contributed by atoms with Gasteiger partial charge < -0.3 is 10.5 Å². The normalized spacial score (nSPS) is 11.0. The largest absolute Gasteiger partial charge is 0.435 e. The Morgan fingerprint density at radius 3 is 2.73 bits per heavy atom. The third-order valence-corrected chi connectivity index (χ3v) is 3.69. The summed E-state index contributed by atoms with van der Waals surface area (Å²) in [4.78, 5) is 15.1. The molecule has 26 heavy (non-hydrogen) atoms. The molecule has 0 saturated heterocycles. The maximum Gasteiger partial charge on any atom is 0.387 e. The first-order chi connectivity index (χ1) is 12.5. The first kappa shape index (κ1) is 17.6. The Morgan fingerprint density at radius 1 is 1.27 bits per heavy atom. The topological polar surface area (TPSA) is 88.0 Å². The number of amides is 1. The van der Waals surface area contributed by atoms with Crippen LogP contribution >= 0.6 is 0 Å². The lowest BCUT2D eigenvalue weighted by atomic mass is 10.2. The SMILES string of the molecule is NC(=O)CCCn1cc(-n2ccnc2-c2ccc(OC(F)F)cc2)cn1. The number of ether oxygens (including phenoxy) is 1. The van der Waals surface area contributed by atoms with Gasteiger partial charge in [-0.2, -0.15) is 13.9 Å². The Bertz CT molecular complexity index is 873. The number of imidazole rings is 1. The van der Waals surface area contributed by atoms with E-state index >= 15 is 0 Å². The van der Waals surface area contributed by atoms with E-state index in [1.54, 1.807) is 35.4 Å². The smallest absolute Gasteiger partial charge is 0.387 e. The van der Waals surface area contributed by atoms with Gasteiger partial charge in [0.05, 0.1) is 11.9 Å². The van der Waals surface area contributed by atoms with Crippen LogP contribution in [0.4, 0.5) is 8.78 Å². The van der Waals surface area contributed by atoms with Crippen molar-refractivity contribution in [2.24, 2.45) is 5.73 Å². The maximum absolute atomic E-state index is 12.2. The van der Waals surface area contributed by atoms with Crippen molar-refractivity contribution in [2.45, 2.75) is 26.0 Å². The molecule has 0 atom stereocenters. The number of nitrogens with zero attached hydrogens (tertiary/aromatic N) is 4. The number of aromatic nitrogens is 4. The highest BCUT2D eigenvalue weighted by Gasteiger charge is 2.11. The number of aryl methyl sites for hydroxylation is 1. The fourth-order valence-electron chi connectivity index (χ4n) is 2.53. The van der Waals surface area contributed by atoms with Crippen molar-refractivity contribution >= 4 is 5.91 Å². The zero-order valence-corrected chi connectivity index (χ0v) is 13.8. The second-order valence-corrected chi connectivity index (χ2v) is 5.56. The minimum Gasteiger partial charge on any atom is -0.435 e. The van der Waals surface area contributed by atoms with Crippen molar-refractivity contribution < 1.29 is 18.3 Å². The van der Waals surface area contributed by atoms with E-state index in [0.29, 0.717) is 25.2 Å². The van der Waals surface area contributed by atoms with Crippen molar-refractivity contribution in [2.75, 3.05) is 0 Å². The van der Waals surface area contributed by atoms with Crippen LogP contribution in [0.5, 0.6) is 5.75 Å². The predicted molar refractivity (Wildman–Crippen MR) is 89.8 cm³/mol. The van der Waals surface area contributed by atoms with Crippen LogP contribution in [0, 0.1) is 0 Å². The van der Waals surface area contributed by atoms with Crippen LogP contribution in [0.2, 0.25) is 0 Å². The van der Waals surface area contributed by atoms with Gasteiger partial charge in [0.2, 0.25) is 5.91 Å². The highest BCUT2D eigenvalue weighted by molar-refractivity contribution is 5.73. The number of rotatable bonds is 8. The highest BCUT2D eigenvalue weighted by atomic mass is 19.3. The molecule has 0 fully saturated rings. The molecular weight excluding hydrogens is 344 g/mol. The number of hydrogen-bond acceptors (Lipinski definition) is 4. The Kier molecular flexibility index (Phi) is 5.26. The third kappa shape index (κ3) is 4.24. The number of carbonyl (C=O) groups is 1. The molecule has 2 N–H and O–H groups in total. The Labute approximate surface area is 148 Å². The molecule has 3 aromatic rings. The summed E-state index contributed by atoms with van der Waals surface area (Å²) in [6.45, 7) is -2.28. The van der Waals surface area contributed by atoms with E-state index in [-0.39, 0.29) is 11.7 Å². The molecule has 1 aromatic carbocycles. The van der Waals surface area contributed by atoms with Crippen molar-refractivity contribution in [3.8, 4) is 22.8 Å². The van der Waals surface area contributed by atoms with Crippen molar-refractivity contribution in [1.29, 1.82) is 0 Å². The molecule has 0 spiro atoms. The first-order valence-corrected chi connectivity index (χ1v) is 7.92. The van der Waals surface area contributed by atoms with Crippen LogP contribution < -0.4 is 10.5 Å². The summed E-state index contributed by atoms with van der Waals surface area (Å²) < 4.78 is 32.4. The van der Waals surface area contributed by atoms with Crippen LogP contribution in [-0.2, 0) is 11.3 Å². The molecule has 0 aliphatic rings. The lowest BCUT2D eigenvalue weighted by Gasteiger charge is -2.07. The number of carbonyl (C=O) groups excluding carboxylic acids is 1. The van der Waals surface area contributed by atoms with Gasteiger partial charge >= 0.3 is 6.61 Å². The second kappa shape index (κ2) is 7.77. The van der Waals surface area contributed by atoms with Gasteiger partial charge in [-0.1, -0.05) is 0 Å². The van der Waals surface area contributed by atoms with E-state index in [9.17, 15) is 13.6 Å². The van der Waals surface area contributed by atoms with Gasteiger partial charge in [-0.25, -0.2) is 4.98 Å². The number of primary amides is 1. The summed E-state index contributed by atoms with van der Waals surface area (Å²) in [6, 6.07) is 6.25.